The summed E-state index contributed by atoms with van der Waals surface area (Å²) in [5.41, 5.74) is 6.40. The van der Waals surface area contributed by atoms with Gasteiger partial charge in [0.15, 0.2) is 9.84 Å². The maximum absolute atomic E-state index is 12.5. The van der Waals surface area contributed by atoms with Crippen LogP contribution in [0, 0.1) is 0 Å². The lowest BCUT2D eigenvalue weighted by molar-refractivity contribution is 0.316. The van der Waals surface area contributed by atoms with E-state index >= 15 is 0 Å². The van der Waals surface area contributed by atoms with Gasteiger partial charge in [-0.25, -0.2) is 16.8 Å². The van der Waals surface area contributed by atoms with Gasteiger partial charge in [-0.3, -0.25) is 0 Å². The first-order valence-corrected chi connectivity index (χ1v) is 10.2. The minimum atomic E-state index is -3.55. The van der Waals surface area contributed by atoms with Crippen molar-refractivity contribution in [3.8, 4) is 0 Å². The third kappa shape index (κ3) is 4.26. The number of sulfonamides is 1. The van der Waals surface area contributed by atoms with Crippen LogP contribution in [0.25, 0.3) is 0 Å². The van der Waals surface area contributed by atoms with Crippen molar-refractivity contribution in [1.29, 1.82) is 0 Å². The number of rotatable bonds is 4. The Hall–Kier alpha value is -0.960. The Bertz CT molecular complexity index is 696. The molecule has 0 aromatic heterocycles. The molecule has 0 spiro atoms. The van der Waals surface area contributed by atoms with Gasteiger partial charge in [0.25, 0.3) is 0 Å². The van der Waals surface area contributed by atoms with Gasteiger partial charge in [-0.2, -0.15) is 4.31 Å². The molecule has 0 saturated carbocycles. The zero-order valence-electron chi connectivity index (χ0n) is 11.9. The van der Waals surface area contributed by atoms with Gasteiger partial charge < -0.3 is 5.73 Å². The summed E-state index contributed by atoms with van der Waals surface area (Å²) < 4.78 is 48.8. The molecule has 0 radical (unpaired) electrons. The molecule has 0 bridgehead atoms. The third-order valence-electron chi connectivity index (χ3n) is 3.41. The number of sulfone groups is 1. The van der Waals surface area contributed by atoms with Gasteiger partial charge in [-0.05, 0) is 30.5 Å². The van der Waals surface area contributed by atoms with E-state index in [9.17, 15) is 16.8 Å². The molecule has 1 saturated heterocycles. The fourth-order valence-corrected chi connectivity index (χ4v) is 4.74. The average Bonchev–Trinajstić information content (AvgIpc) is 2.37. The van der Waals surface area contributed by atoms with Crippen LogP contribution < -0.4 is 5.73 Å². The number of piperidine rings is 1. The molecular formula is C13H20N2O4S2. The van der Waals surface area contributed by atoms with Crippen LogP contribution in [0.4, 0.5) is 0 Å². The van der Waals surface area contributed by atoms with Crippen molar-refractivity contribution in [3.05, 3.63) is 29.8 Å². The second-order valence-electron chi connectivity index (χ2n) is 5.48. The number of nitrogens with zero attached hydrogens (tertiary/aromatic N) is 1. The van der Waals surface area contributed by atoms with Crippen molar-refractivity contribution in [2.45, 2.75) is 29.5 Å². The van der Waals surface area contributed by atoms with Crippen molar-refractivity contribution < 1.29 is 16.8 Å². The SMILES string of the molecule is CS(=O)(=O)Cc1ccc(S(=O)(=O)N2CCC[C@H](N)C2)cc1. The Labute approximate surface area is 125 Å². The Balaban J connectivity index is 2.21. The van der Waals surface area contributed by atoms with E-state index in [1.54, 1.807) is 0 Å². The first-order chi connectivity index (χ1) is 9.68. The van der Waals surface area contributed by atoms with Gasteiger partial charge >= 0.3 is 0 Å². The summed E-state index contributed by atoms with van der Waals surface area (Å²) in [6.45, 7) is 0.800. The number of hydrogen-bond donors (Lipinski definition) is 1. The van der Waals surface area contributed by atoms with E-state index in [4.69, 9.17) is 5.73 Å². The molecule has 6 nitrogen and oxygen atoms in total. The summed E-state index contributed by atoms with van der Waals surface area (Å²) >= 11 is 0. The monoisotopic (exact) mass is 332 g/mol. The minimum Gasteiger partial charge on any atom is -0.327 e. The van der Waals surface area contributed by atoms with E-state index in [0.29, 0.717) is 18.7 Å². The molecular weight excluding hydrogens is 312 g/mol. The van der Waals surface area contributed by atoms with Crippen LogP contribution in [-0.4, -0.2) is 46.5 Å². The number of benzene rings is 1. The van der Waals surface area contributed by atoms with Crippen molar-refractivity contribution in [2.75, 3.05) is 19.3 Å². The molecule has 1 aliphatic rings. The summed E-state index contributed by atoms with van der Waals surface area (Å²) in [5, 5.41) is 0. The highest BCUT2D eigenvalue weighted by Crippen LogP contribution is 2.21. The van der Waals surface area contributed by atoms with Crippen LogP contribution in [-0.2, 0) is 25.6 Å². The maximum atomic E-state index is 12.5. The zero-order valence-corrected chi connectivity index (χ0v) is 13.5. The molecule has 1 aliphatic heterocycles. The van der Waals surface area contributed by atoms with Crippen LogP contribution in [0.1, 0.15) is 18.4 Å². The van der Waals surface area contributed by atoms with Crippen molar-refractivity contribution in [2.24, 2.45) is 5.73 Å². The van der Waals surface area contributed by atoms with Gasteiger partial charge in [-0.15, -0.1) is 0 Å². The van der Waals surface area contributed by atoms with E-state index in [2.05, 4.69) is 0 Å². The van der Waals surface area contributed by atoms with Crippen molar-refractivity contribution in [3.63, 3.8) is 0 Å². The van der Waals surface area contributed by atoms with Crippen LogP contribution in [0.5, 0.6) is 0 Å². The van der Waals surface area contributed by atoms with Crippen LogP contribution in [0.15, 0.2) is 29.2 Å². The highest BCUT2D eigenvalue weighted by atomic mass is 32.2. The number of hydrogen-bond acceptors (Lipinski definition) is 5. The fourth-order valence-electron chi connectivity index (χ4n) is 2.40. The lowest BCUT2D eigenvalue weighted by Gasteiger charge is -2.29. The molecule has 2 rings (SSSR count). The van der Waals surface area contributed by atoms with Crippen LogP contribution in [0.2, 0.25) is 0 Å². The second kappa shape index (κ2) is 6.04. The van der Waals surface area contributed by atoms with E-state index in [0.717, 1.165) is 19.1 Å². The predicted molar refractivity (Wildman–Crippen MR) is 81.0 cm³/mol. The van der Waals surface area contributed by atoms with Crippen LogP contribution >= 0.6 is 0 Å². The first kappa shape index (κ1) is 16.4. The standard InChI is InChI=1S/C13H20N2O4S2/c1-20(16,17)10-11-4-6-13(7-5-11)21(18,19)15-8-2-3-12(14)9-15/h4-7,12H,2-3,8-10,14H2,1H3/t12-/m0/s1. The first-order valence-electron chi connectivity index (χ1n) is 6.71. The van der Waals surface area contributed by atoms with Gasteiger partial charge in [0, 0.05) is 25.4 Å². The highest BCUT2D eigenvalue weighted by molar-refractivity contribution is 7.90. The van der Waals surface area contributed by atoms with E-state index in [1.165, 1.54) is 28.6 Å². The lowest BCUT2D eigenvalue weighted by Crippen LogP contribution is -2.45. The normalized spacial score (nSPS) is 21.3. The molecule has 1 heterocycles. The Morgan fingerprint density at radius 2 is 1.81 bits per heavy atom. The summed E-state index contributed by atoms with van der Waals surface area (Å²) in [4.78, 5) is 0.175. The fraction of sp³-hybridized carbons (Fsp3) is 0.538. The largest absolute Gasteiger partial charge is 0.327 e. The predicted octanol–water partition coefficient (Wildman–Crippen LogP) is 0.343. The molecule has 1 atom stereocenters. The molecule has 0 unspecified atom stereocenters. The van der Waals surface area contributed by atoms with Gasteiger partial charge in [0.2, 0.25) is 10.0 Å². The molecule has 1 aromatic rings. The van der Waals surface area contributed by atoms with Gasteiger partial charge in [0.1, 0.15) is 0 Å². The molecule has 118 valence electrons. The van der Waals surface area contributed by atoms with Crippen molar-refractivity contribution in [1.82, 2.24) is 4.31 Å². The molecule has 0 amide bonds. The molecule has 21 heavy (non-hydrogen) atoms. The zero-order chi connectivity index (χ0) is 15.7. The van der Waals surface area contributed by atoms with E-state index < -0.39 is 19.9 Å². The number of nitrogens with two attached hydrogens (primary N) is 1. The quantitative estimate of drug-likeness (QED) is 0.857. The Morgan fingerprint density at radius 1 is 1.19 bits per heavy atom. The maximum Gasteiger partial charge on any atom is 0.243 e. The van der Waals surface area contributed by atoms with E-state index in [1.807, 2.05) is 0 Å². The minimum absolute atomic E-state index is 0.0953. The summed E-state index contributed by atoms with van der Waals surface area (Å²) in [5.74, 6) is -0.0953. The summed E-state index contributed by atoms with van der Waals surface area (Å²) in [6, 6.07) is 5.86. The Morgan fingerprint density at radius 3 is 2.33 bits per heavy atom. The van der Waals surface area contributed by atoms with Gasteiger partial charge in [0.05, 0.1) is 10.6 Å². The summed E-state index contributed by atoms with van der Waals surface area (Å²) in [6.07, 6.45) is 2.73. The average molecular weight is 332 g/mol. The second-order valence-corrected chi connectivity index (χ2v) is 9.56. The molecule has 0 aliphatic carbocycles. The van der Waals surface area contributed by atoms with E-state index in [-0.39, 0.29) is 16.7 Å². The van der Waals surface area contributed by atoms with Crippen molar-refractivity contribution >= 4 is 19.9 Å². The molecule has 1 fully saturated rings. The Kier molecular flexibility index (Phi) is 4.72. The lowest BCUT2D eigenvalue weighted by atomic mass is 10.1. The molecule has 1 aromatic carbocycles. The molecule has 8 heteroatoms. The summed E-state index contributed by atoms with van der Waals surface area (Å²) in [7, 11) is -6.68. The third-order valence-corrected chi connectivity index (χ3v) is 6.15. The highest BCUT2D eigenvalue weighted by Gasteiger charge is 2.28. The molecule has 2 N–H and O–H groups in total. The topological polar surface area (TPSA) is 97.5 Å². The smallest absolute Gasteiger partial charge is 0.243 e. The van der Waals surface area contributed by atoms with Crippen LogP contribution in [0.3, 0.4) is 0 Å². The van der Waals surface area contributed by atoms with Gasteiger partial charge in [-0.1, -0.05) is 12.1 Å².